The second-order valence-electron chi connectivity index (χ2n) is 10.2. The highest BCUT2D eigenvalue weighted by molar-refractivity contribution is 5.88. The molecule has 1 amide bonds. The lowest BCUT2D eigenvalue weighted by atomic mass is 9.72. The number of hydrogen-bond donors (Lipinski definition) is 2. The van der Waals surface area contributed by atoms with Crippen LogP contribution in [0.3, 0.4) is 0 Å². The lowest BCUT2D eigenvalue weighted by Gasteiger charge is -2.34. The van der Waals surface area contributed by atoms with E-state index in [9.17, 15) is 19.8 Å². The molecule has 1 heterocycles. The number of ether oxygens (including phenoxy) is 2. The second kappa shape index (κ2) is 10.3. The fourth-order valence-corrected chi connectivity index (χ4v) is 5.04. The van der Waals surface area contributed by atoms with E-state index in [1.54, 1.807) is 31.1 Å². The van der Waals surface area contributed by atoms with E-state index in [4.69, 9.17) is 9.47 Å². The zero-order valence-electron chi connectivity index (χ0n) is 20.6. The number of carboxylic acid groups (broad SMARTS) is 1. The van der Waals surface area contributed by atoms with Crippen molar-refractivity contribution >= 4 is 11.9 Å². The van der Waals surface area contributed by atoms with E-state index in [0.717, 1.165) is 5.56 Å². The molecular formula is C28H35NO6. The Labute approximate surface area is 206 Å². The van der Waals surface area contributed by atoms with Gasteiger partial charge in [-0.2, -0.15) is 0 Å². The molecule has 2 aromatic carbocycles. The van der Waals surface area contributed by atoms with Crippen molar-refractivity contribution in [1.29, 1.82) is 0 Å². The van der Waals surface area contributed by atoms with E-state index < -0.39 is 23.4 Å². The van der Waals surface area contributed by atoms with Crippen molar-refractivity contribution in [3.8, 4) is 11.5 Å². The molecule has 35 heavy (non-hydrogen) atoms. The molecule has 1 aliphatic carbocycles. The van der Waals surface area contributed by atoms with Gasteiger partial charge in [0.25, 0.3) is 0 Å². The minimum atomic E-state index is -1.02. The number of likely N-dealkylation sites (tertiary alicyclic amines) is 1. The van der Waals surface area contributed by atoms with Gasteiger partial charge in [0.05, 0.1) is 32.2 Å². The molecule has 4 rings (SSSR count). The molecular weight excluding hydrogens is 446 g/mol. The van der Waals surface area contributed by atoms with Crippen molar-refractivity contribution < 1.29 is 29.3 Å². The molecule has 2 aromatic rings. The summed E-state index contributed by atoms with van der Waals surface area (Å²) in [6.45, 7) is 5.11. The number of methoxy groups -OCH3 is 1. The van der Waals surface area contributed by atoms with Crippen LogP contribution in [-0.2, 0) is 9.59 Å². The van der Waals surface area contributed by atoms with Crippen LogP contribution in [0.1, 0.15) is 56.1 Å². The number of aliphatic hydroxyl groups is 1. The van der Waals surface area contributed by atoms with Crippen molar-refractivity contribution in [2.45, 2.75) is 51.0 Å². The van der Waals surface area contributed by atoms with Crippen LogP contribution in [0.4, 0.5) is 0 Å². The summed E-state index contributed by atoms with van der Waals surface area (Å²) in [6, 6.07) is 14.9. The van der Waals surface area contributed by atoms with E-state index in [2.05, 4.69) is 0 Å². The fraction of sp³-hybridized carbons (Fsp3) is 0.500. The largest absolute Gasteiger partial charge is 0.493 e. The van der Waals surface area contributed by atoms with E-state index in [1.807, 2.05) is 43.3 Å². The standard InChI is InChI=1S/C28H35NO6/c1-18(30)28(2)17-29(27(33)22(14-26(31)32)20-7-5-4-6-8-20)15-23(28)21-11-12-24(34-3)25(13-21)35-16-19-9-10-19/h4-8,11-13,18-19,22-23,30H,9-10,14-17H2,1-3H3,(H,31,32)/t18-,22?,23+,28+/m1/s1. The highest BCUT2D eigenvalue weighted by Crippen LogP contribution is 2.47. The molecule has 7 heteroatoms. The third kappa shape index (κ3) is 5.45. The van der Waals surface area contributed by atoms with E-state index in [-0.39, 0.29) is 18.2 Å². The highest BCUT2D eigenvalue weighted by Gasteiger charge is 2.49. The molecule has 2 N–H and O–H groups in total. The molecule has 1 saturated carbocycles. The first-order chi connectivity index (χ1) is 16.7. The van der Waals surface area contributed by atoms with Gasteiger partial charge < -0.3 is 24.6 Å². The zero-order valence-corrected chi connectivity index (χ0v) is 20.6. The number of benzene rings is 2. The Morgan fingerprint density at radius 2 is 1.86 bits per heavy atom. The molecule has 2 aliphatic rings. The SMILES string of the molecule is COc1ccc([C@@H]2CN(C(=O)C(CC(=O)O)c3ccccc3)C[C@@]2(C)[C@@H](C)O)cc1OCC1CC1. The Morgan fingerprint density at radius 1 is 1.14 bits per heavy atom. The predicted octanol–water partition coefficient (Wildman–Crippen LogP) is 4.06. The molecule has 1 aliphatic heterocycles. The van der Waals surface area contributed by atoms with Gasteiger partial charge in [-0.05, 0) is 48.9 Å². The van der Waals surface area contributed by atoms with E-state index in [0.29, 0.717) is 42.7 Å². The van der Waals surface area contributed by atoms with Crippen LogP contribution >= 0.6 is 0 Å². The maximum Gasteiger partial charge on any atom is 0.304 e. The van der Waals surface area contributed by atoms with Gasteiger partial charge in [0.1, 0.15) is 0 Å². The van der Waals surface area contributed by atoms with Crippen LogP contribution in [-0.4, -0.2) is 59.9 Å². The number of carbonyl (C=O) groups is 2. The summed E-state index contributed by atoms with van der Waals surface area (Å²) >= 11 is 0. The summed E-state index contributed by atoms with van der Waals surface area (Å²) < 4.78 is 11.6. The summed E-state index contributed by atoms with van der Waals surface area (Å²) in [5, 5.41) is 20.3. The highest BCUT2D eigenvalue weighted by atomic mass is 16.5. The number of carboxylic acids is 1. The Morgan fingerprint density at radius 3 is 2.46 bits per heavy atom. The van der Waals surface area contributed by atoms with Crippen molar-refractivity contribution in [2.24, 2.45) is 11.3 Å². The summed E-state index contributed by atoms with van der Waals surface area (Å²) in [4.78, 5) is 27.0. The van der Waals surface area contributed by atoms with Crippen molar-refractivity contribution in [2.75, 3.05) is 26.8 Å². The molecule has 1 saturated heterocycles. The second-order valence-corrected chi connectivity index (χ2v) is 10.2. The smallest absolute Gasteiger partial charge is 0.304 e. The van der Waals surface area contributed by atoms with Crippen LogP contribution in [0.2, 0.25) is 0 Å². The summed E-state index contributed by atoms with van der Waals surface area (Å²) in [5.74, 6) is -0.261. The van der Waals surface area contributed by atoms with Crippen LogP contribution < -0.4 is 9.47 Å². The zero-order chi connectivity index (χ0) is 25.2. The van der Waals surface area contributed by atoms with Crippen molar-refractivity contribution in [3.05, 3.63) is 59.7 Å². The topological polar surface area (TPSA) is 96.3 Å². The Kier molecular flexibility index (Phi) is 7.36. The number of aliphatic carboxylic acids is 1. The maximum absolute atomic E-state index is 13.7. The predicted molar refractivity (Wildman–Crippen MR) is 132 cm³/mol. The van der Waals surface area contributed by atoms with Crippen molar-refractivity contribution in [1.82, 2.24) is 4.90 Å². The third-order valence-corrected chi connectivity index (χ3v) is 7.64. The minimum absolute atomic E-state index is 0.151. The third-order valence-electron chi connectivity index (χ3n) is 7.64. The van der Waals surface area contributed by atoms with Crippen LogP contribution in [0.25, 0.3) is 0 Å². The summed E-state index contributed by atoms with van der Waals surface area (Å²) in [7, 11) is 1.61. The van der Waals surface area contributed by atoms with Crippen LogP contribution in [0, 0.1) is 11.3 Å². The van der Waals surface area contributed by atoms with E-state index in [1.165, 1.54) is 12.8 Å². The van der Waals surface area contributed by atoms with Gasteiger partial charge in [0, 0.05) is 24.4 Å². The number of amides is 1. The first-order valence-electron chi connectivity index (χ1n) is 12.3. The molecule has 2 fully saturated rings. The average Bonchev–Trinajstić information content (AvgIpc) is 3.61. The van der Waals surface area contributed by atoms with Crippen molar-refractivity contribution in [3.63, 3.8) is 0 Å². The van der Waals surface area contributed by atoms with Gasteiger partial charge in [-0.1, -0.05) is 43.3 Å². The number of rotatable bonds is 10. The Hall–Kier alpha value is -3.06. The van der Waals surface area contributed by atoms with E-state index >= 15 is 0 Å². The minimum Gasteiger partial charge on any atom is -0.493 e. The molecule has 4 atom stereocenters. The Bertz CT molecular complexity index is 1050. The number of aliphatic hydroxyl groups excluding tert-OH is 1. The molecule has 0 radical (unpaired) electrons. The Balaban J connectivity index is 1.63. The summed E-state index contributed by atoms with van der Waals surface area (Å²) in [5.41, 5.74) is 1.04. The quantitative estimate of drug-likeness (QED) is 0.531. The van der Waals surface area contributed by atoms with Gasteiger partial charge in [0.15, 0.2) is 11.5 Å². The number of nitrogens with zero attached hydrogens (tertiary/aromatic N) is 1. The van der Waals surface area contributed by atoms with Crippen LogP contribution in [0.15, 0.2) is 48.5 Å². The molecule has 0 spiro atoms. The van der Waals surface area contributed by atoms with Gasteiger partial charge in [0.2, 0.25) is 5.91 Å². The fourth-order valence-electron chi connectivity index (χ4n) is 5.04. The van der Waals surface area contributed by atoms with Gasteiger partial charge >= 0.3 is 5.97 Å². The lowest BCUT2D eigenvalue weighted by molar-refractivity contribution is -0.142. The van der Waals surface area contributed by atoms with Gasteiger partial charge in [-0.15, -0.1) is 0 Å². The van der Waals surface area contributed by atoms with Crippen LogP contribution in [0.5, 0.6) is 11.5 Å². The monoisotopic (exact) mass is 481 g/mol. The first-order valence-corrected chi connectivity index (χ1v) is 12.3. The lowest BCUT2D eigenvalue weighted by Crippen LogP contribution is -2.39. The molecule has 188 valence electrons. The molecule has 0 aromatic heterocycles. The average molecular weight is 482 g/mol. The summed E-state index contributed by atoms with van der Waals surface area (Å²) in [6.07, 6.45) is 1.40. The molecule has 1 unspecified atom stereocenters. The molecule has 0 bridgehead atoms. The first kappa shape index (κ1) is 25.0. The molecule has 7 nitrogen and oxygen atoms in total. The maximum atomic E-state index is 13.7. The normalized spacial score (nSPS) is 23.5. The number of carbonyl (C=O) groups excluding carboxylic acids is 1. The number of hydrogen-bond acceptors (Lipinski definition) is 5. The van der Waals surface area contributed by atoms with Gasteiger partial charge in [-0.3, -0.25) is 9.59 Å². The van der Waals surface area contributed by atoms with Gasteiger partial charge in [-0.25, -0.2) is 0 Å².